The van der Waals surface area contributed by atoms with Gasteiger partial charge in [0, 0.05) is 25.7 Å². The summed E-state index contributed by atoms with van der Waals surface area (Å²) >= 11 is 0. The summed E-state index contributed by atoms with van der Waals surface area (Å²) in [6, 6.07) is 10.7. The van der Waals surface area contributed by atoms with Crippen LogP contribution >= 0.6 is 0 Å². The second-order valence-corrected chi connectivity index (χ2v) is 11.9. The molecule has 0 saturated carbocycles. The summed E-state index contributed by atoms with van der Waals surface area (Å²) < 4.78 is 27.2. The largest absolute Gasteiger partial charge is 0.465 e. The molecule has 6 rings (SSSR count). The summed E-state index contributed by atoms with van der Waals surface area (Å²) in [6.45, 7) is 10.8. The van der Waals surface area contributed by atoms with Crippen molar-refractivity contribution in [3.63, 3.8) is 0 Å². The van der Waals surface area contributed by atoms with Crippen molar-refractivity contribution in [1.29, 1.82) is 0 Å². The normalized spacial score (nSPS) is 22.5. The van der Waals surface area contributed by atoms with Crippen LogP contribution in [0.25, 0.3) is 0 Å². The van der Waals surface area contributed by atoms with Crippen LogP contribution in [0.5, 0.6) is 23.0 Å². The lowest BCUT2D eigenvalue weighted by molar-refractivity contribution is -0.0451. The molecule has 4 aliphatic heterocycles. The third-order valence-corrected chi connectivity index (χ3v) is 8.30. The van der Waals surface area contributed by atoms with Gasteiger partial charge in [-0.2, -0.15) is 0 Å². The van der Waals surface area contributed by atoms with E-state index in [1.807, 2.05) is 57.2 Å². The number of morpholine rings is 1. The van der Waals surface area contributed by atoms with Crippen LogP contribution in [0.2, 0.25) is 0 Å². The average Bonchev–Trinajstić information content (AvgIpc) is 3.61. The fraction of sp³-hybridized carbons (Fsp3) is 0.567. The number of fused-ring (bicyclic) bond motifs is 2. The lowest BCUT2D eigenvalue weighted by Gasteiger charge is -2.49. The Balaban J connectivity index is 0.000000403. The molecule has 0 spiro atoms. The molecule has 10 nitrogen and oxygen atoms in total. The van der Waals surface area contributed by atoms with E-state index < -0.39 is 11.7 Å². The van der Waals surface area contributed by atoms with E-state index in [9.17, 15) is 15.0 Å². The van der Waals surface area contributed by atoms with Crippen molar-refractivity contribution < 1.29 is 38.7 Å². The van der Waals surface area contributed by atoms with Crippen LogP contribution in [-0.4, -0.2) is 85.6 Å². The number of piperidine rings is 1. The van der Waals surface area contributed by atoms with Gasteiger partial charge in [-0.05, 0) is 66.6 Å². The molecular weight excluding hydrogens is 516 g/mol. The zero-order chi connectivity index (χ0) is 28.5. The third kappa shape index (κ3) is 5.66. The Morgan fingerprint density at radius 2 is 1.38 bits per heavy atom. The number of ether oxygens (including phenoxy) is 5. The van der Waals surface area contributed by atoms with Crippen molar-refractivity contribution in [2.24, 2.45) is 11.3 Å². The van der Waals surface area contributed by atoms with Crippen molar-refractivity contribution in [2.45, 2.75) is 45.3 Å². The Bertz CT molecular complexity index is 1150. The number of rotatable bonds is 3. The van der Waals surface area contributed by atoms with Crippen LogP contribution in [-0.2, 0) is 10.3 Å². The third-order valence-electron chi connectivity index (χ3n) is 8.30. The van der Waals surface area contributed by atoms with Crippen LogP contribution in [0, 0.1) is 11.3 Å². The number of likely N-dealkylation sites (tertiary alicyclic amines) is 1. The maximum Gasteiger partial charge on any atom is 0.407 e. The molecule has 218 valence electrons. The number of amides is 1. The molecule has 2 fully saturated rings. The van der Waals surface area contributed by atoms with Gasteiger partial charge in [-0.1, -0.05) is 32.9 Å². The molecule has 4 aliphatic rings. The molecule has 2 unspecified atom stereocenters. The highest BCUT2D eigenvalue weighted by Gasteiger charge is 2.48. The summed E-state index contributed by atoms with van der Waals surface area (Å²) in [5.74, 6) is 2.21. The molecule has 0 aliphatic carbocycles. The second-order valence-electron chi connectivity index (χ2n) is 11.9. The van der Waals surface area contributed by atoms with Gasteiger partial charge in [0.25, 0.3) is 0 Å². The van der Waals surface area contributed by atoms with E-state index in [1.54, 1.807) is 0 Å². The Hall–Kier alpha value is -3.21. The average molecular weight is 557 g/mol. The number of hydrogen-bond acceptors (Lipinski definition) is 8. The molecule has 2 N–H and O–H groups in total. The molecule has 2 saturated heterocycles. The molecule has 2 atom stereocenters. The van der Waals surface area contributed by atoms with Crippen LogP contribution < -0.4 is 18.9 Å². The fourth-order valence-electron chi connectivity index (χ4n) is 5.95. The number of likely N-dealkylation sites (N-methyl/N-ethyl adjacent to an activating group) is 1. The van der Waals surface area contributed by atoms with E-state index in [1.165, 1.54) is 4.90 Å². The van der Waals surface area contributed by atoms with Crippen LogP contribution in [0.4, 0.5) is 4.79 Å². The first-order valence-electron chi connectivity index (χ1n) is 13.9. The minimum absolute atomic E-state index is 0.143. The first-order valence-corrected chi connectivity index (χ1v) is 13.9. The number of hydrogen-bond donors (Lipinski definition) is 2. The minimum Gasteiger partial charge on any atom is -0.465 e. The first-order chi connectivity index (χ1) is 19.1. The predicted octanol–water partition coefficient (Wildman–Crippen LogP) is 4.13. The number of carbonyl (C=O) groups is 1. The molecule has 40 heavy (non-hydrogen) atoms. The van der Waals surface area contributed by atoms with Gasteiger partial charge < -0.3 is 43.7 Å². The van der Waals surface area contributed by atoms with Crippen molar-refractivity contribution in [2.75, 3.05) is 53.5 Å². The predicted molar refractivity (Wildman–Crippen MR) is 147 cm³/mol. The highest BCUT2D eigenvalue weighted by atomic mass is 16.7. The molecule has 4 heterocycles. The molecule has 2 aromatic rings. The maximum atomic E-state index is 12.5. The Morgan fingerprint density at radius 3 is 1.82 bits per heavy atom. The molecular formula is C30H40N2O8. The summed E-state index contributed by atoms with van der Waals surface area (Å²) in [6.07, 6.45) is 0.0936. The lowest BCUT2D eigenvalue weighted by Crippen LogP contribution is -2.55. The summed E-state index contributed by atoms with van der Waals surface area (Å²) in [5.41, 5.74) is -0.336. The lowest BCUT2D eigenvalue weighted by atomic mass is 9.67. The highest BCUT2D eigenvalue weighted by molar-refractivity contribution is 5.66. The molecule has 10 heteroatoms. The van der Waals surface area contributed by atoms with Crippen molar-refractivity contribution in [1.82, 2.24) is 9.80 Å². The zero-order valence-corrected chi connectivity index (χ0v) is 23.7. The van der Waals surface area contributed by atoms with E-state index in [2.05, 4.69) is 11.9 Å². The molecule has 0 bridgehead atoms. The van der Waals surface area contributed by atoms with E-state index in [4.69, 9.17) is 23.7 Å². The van der Waals surface area contributed by atoms with Gasteiger partial charge in [0.05, 0.1) is 13.2 Å². The van der Waals surface area contributed by atoms with Gasteiger partial charge in [0.15, 0.2) is 23.0 Å². The number of benzene rings is 2. The zero-order valence-electron chi connectivity index (χ0n) is 23.7. The van der Waals surface area contributed by atoms with Crippen molar-refractivity contribution >= 4 is 6.09 Å². The minimum atomic E-state index is -1.39. The topological polar surface area (TPSA) is 110 Å². The highest BCUT2D eigenvalue weighted by Crippen LogP contribution is 2.49. The van der Waals surface area contributed by atoms with Crippen LogP contribution in [0.1, 0.15) is 44.7 Å². The van der Waals surface area contributed by atoms with Crippen molar-refractivity contribution in [3.8, 4) is 23.0 Å². The van der Waals surface area contributed by atoms with E-state index >= 15 is 0 Å². The summed E-state index contributed by atoms with van der Waals surface area (Å²) in [7, 11) is 2.11. The van der Waals surface area contributed by atoms with Crippen LogP contribution in [0.3, 0.4) is 0 Å². The quantitative estimate of drug-likeness (QED) is 0.577. The van der Waals surface area contributed by atoms with Gasteiger partial charge in [-0.15, -0.1) is 0 Å². The summed E-state index contributed by atoms with van der Waals surface area (Å²) in [4.78, 5) is 15.7. The number of nitrogens with zero attached hydrogens (tertiary/aromatic N) is 2. The van der Waals surface area contributed by atoms with E-state index in [-0.39, 0.29) is 31.0 Å². The first kappa shape index (κ1) is 28.3. The molecule has 0 radical (unpaired) electrons. The maximum absolute atomic E-state index is 12.5. The standard InChI is InChI=1S/C25H29NO7.C5H11NO/c1-24(2,3)22-12-17(8-9-26(22)23(27)28)25(29,15-4-6-18-20(10-15)32-13-30-18)16-5-7-19-21(11-16)33-14-31-19;1-6-2-4-7-5-3-6/h4-7,10-11,17,22,29H,8-9,12-14H2,1-3H3,(H,27,28);2-5H2,1H3. The molecule has 1 amide bonds. The SMILES string of the molecule is CC(C)(C)C1CC(C(O)(c2ccc3c(c2)OCO3)c2ccc3c(c2)OCO3)CCN1C(=O)O.CN1CCOCC1. The Kier molecular flexibility index (Phi) is 8.03. The number of carboxylic acid groups (broad SMARTS) is 1. The van der Waals surface area contributed by atoms with Gasteiger partial charge in [-0.25, -0.2) is 4.79 Å². The Labute approximate surface area is 235 Å². The van der Waals surface area contributed by atoms with Gasteiger partial charge in [-0.3, -0.25) is 0 Å². The molecule has 2 aromatic carbocycles. The monoisotopic (exact) mass is 556 g/mol. The van der Waals surface area contributed by atoms with E-state index in [0.717, 1.165) is 26.3 Å². The fourth-order valence-corrected chi connectivity index (χ4v) is 5.95. The summed E-state index contributed by atoms with van der Waals surface area (Å²) in [5, 5.41) is 22.3. The second kappa shape index (κ2) is 11.3. The van der Waals surface area contributed by atoms with Crippen molar-refractivity contribution in [3.05, 3.63) is 47.5 Å². The van der Waals surface area contributed by atoms with Gasteiger partial charge >= 0.3 is 6.09 Å². The Morgan fingerprint density at radius 1 is 0.850 bits per heavy atom. The molecule has 0 aromatic heterocycles. The van der Waals surface area contributed by atoms with Gasteiger partial charge in [0.1, 0.15) is 5.60 Å². The van der Waals surface area contributed by atoms with E-state index in [0.29, 0.717) is 53.5 Å². The van der Waals surface area contributed by atoms with Crippen LogP contribution in [0.15, 0.2) is 36.4 Å². The van der Waals surface area contributed by atoms with Gasteiger partial charge in [0.2, 0.25) is 13.6 Å². The smallest absolute Gasteiger partial charge is 0.407 e. The number of aliphatic hydroxyl groups is 1.